The van der Waals surface area contributed by atoms with Crippen molar-refractivity contribution >= 4 is 23.9 Å². The van der Waals surface area contributed by atoms with E-state index in [9.17, 15) is 34.5 Å². The summed E-state index contributed by atoms with van der Waals surface area (Å²) in [5.74, 6) is -3.17. The minimum atomic E-state index is -1.91. The predicted octanol–water partition coefficient (Wildman–Crippen LogP) is 16.7. The van der Waals surface area contributed by atoms with E-state index in [1.807, 2.05) is 0 Å². The lowest BCUT2D eigenvalue weighted by atomic mass is 9.98. The summed E-state index contributed by atoms with van der Waals surface area (Å²) in [6.07, 6.45) is 58.4. The lowest BCUT2D eigenvalue weighted by Gasteiger charge is -2.40. The Hall–Kier alpha value is -4.10. The second kappa shape index (κ2) is 54.5. The summed E-state index contributed by atoms with van der Waals surface area (Å²) in [6, 6.07) is 0. The monoisotopic (exact) mass is 1110 g/mol. The molecule has 1 aliphatic heterocycles. The van der Waals surface area contributed by atoms with Crippen molar-refractivity contribution in [2.24, 2.45) is 0 Å². The van der Waals surface area contributed by atoms with Crippen LogP contribution in [-0.4, -0.2) is 89.2 Å². The number of carbonyl (C=O) groups is 4. The molecule has 3 N–H and O–H groups in total. The fraction of sp³-hybridized carbons (Fsp3) is 0.731. The molecule has 452 valence electrons. The number of ether oxygens (including phenoxy) is 5. The molecule has 1 aliphatic rings. The van der Waals surface area contributed by atoms with Crippen LogP contribution >= 0.6 is 0 Å². The third kappa shape index (κ3) is 44.3. The Morgan fingerprint density at radius 1 is 0.430 bits per heavy atom. The van der Waals surface area contributed by atoms with Gasteiger partial charge in [0.25, 0.3) is 0 Å². The summed E-state index contributed by atoms with van der Waals surface area (Å²) in [6.45, 7) is 5.81. The molecule has 0 radical (unpaired) electrons. The van der Waals surface area contributed by atoms with E-state index < -0.39 is 67.3 Å². The molecule has 0 saturated carbocycles. The van der Waals surface area contributed by atoms with Gasteiger partial charge in [0.15, 0.2) is 24.6 Å². The zero-order valence-electron chi connectivity index (χ0n) is 49.8. The van der Waals surface area contributed by atoms with Crippen molar-refractivity contribution in [3.63, 3.8) is 0 Å². The highest BCUT2D eigenvalue weighted by Gasteiger charge is 2.50. The van der Waals surface area contributed by atoms with E-state index in [1.54, 1.807) is 0 Å². The summed E-state index contributed by atoms with van der Waals surface area (Å²) in [4.78, 5) is 51.2. The number of carboxylic acid groups (broad SMARTS) is 1. The molecule has 0 aromatic heterocycles. The summed E-state index contributed by atoms with van der Waals surface area (Å²) in [5, 5.41) is 31.5. The van der Waals surface area contributed by atoms with E-state index in [0.29, 0.717) is 19.3 Å². The Balaban J connectivity index is 2.65. The number of carbonyl (C=O) groups excluding carboxylic acids is 3. The normalized spacial score (nSPS) is 18.4. The van der Waals surface area contributed by atoms with Crippen LogP contribution in [0, 0.1) is 0 Å². The second-order valence-electron chi connectivity index (χ2n) is 21.3. The van der Waals surface area contributed by atoms with Crippen molar-refractivity contribution in [2.45, 2.75) is 302 Å². The number of hydrogen-bond acceptors (Lipinski definition) is 11. The van der Waals surface area contributed by atoms with Gasteiger partial charge >= 0.3 is 23.9 Å². The molecule has 6 unspecified atom stereocenters. The SMILES string of the molecule is CC/C=C\C/C=C\C/C=C\C/C=C\C/C=C\CCCCCC(=O)OCC(COC1OC(C(=O)O)C(O)C(O)C1OC(=O)CCCCCCCCCCC/C=C\CCCCCCCC)OC(=O)CCCCCCC/C=C\CCCC. The first kappa shape index (κ1) is 72.9. The molecule has 1 fully saturated rings. The zero-order chi connectivity index (χ0) is 57.5. The first-order chi connectivity index (χ1) is 38.6. The van der Waals surface area contributed by atoms with Gasteiger partial charge in [0.2, 0.25) is 0 Å². The van der Waals surface area contributed by atoms with Crippen molar-refractivity contribution in [3.05, 3.63) is 85.1 Å². The largest absolute Gasteiger partial charge is 0.479 e. The number of carboxylic acids is 1. The molecule has 1 rings (SSSR count). The summed E-state index contributed by atoms with van der Waals surface area (Å²) in [5.41, 5.74) is 0. The average molecular weight is 1110 g/mol. The van der Waals surface area contributed by atoms with Crippen LogP contribution in [0.2, 0.25) is 0 Å². The third-order valence-corrected chi connectivity index (χ3v) is 13.9. The van der Waals surface area contributed by atoms with Crippen LogP contribution in [0.4, 0.5) is 0 Å². The maximum atomic E-state index is 13.1. The lowest BCUT2D eigenvalue weighted by molar-refractivity contribution is -0.301. The zero-order valence-corrected chi connectivity index (χ0v) is 49.8. The van der Waals surface area contributed by atoms with Gasteiger partial charge in [-0.2, -0.15) is 0 Å². The maximum Gasteiger partial charge on any atom is 0.335 e. The number of aliphatic carboxylic acids is 1. The van der Waals surface area contributed by atoms with Gasteiger partial charge in [-0.05, 0) is 109 Å². The van der Waals surface area contributed by atoms with Crippen molar-refractivity contribution in [3.8, 4) is 0 Å². The molecule has 79 heavy (non-hydrogen) atoms. The summed E-state index contributed by atoms with van der Waals surface area (Å²) >= 11 is 0. The third-order valence-electron chi connectivity index (χ3n) is 13.9. The molecule has 6 atom stereocenters. The van der Waals surface area contributed by atoms with Crippen LogP contribution in [0.25, 0.3) is 0 Å². The van der Waals surface area contributed by atoms with Crippen molar-refractivity contribution in [1.29, 1.82) is 0 Å². The van der Waals surface area contributed by atoms with E-state index in [0.717, 1.165) is 122 Å². The lowest BCUT2D eigenvalue weighted by Crippen LogP contribution is -2.61. The summed E-state index contributed by atoms with van der Waals surface area (Å²) < 4.78 is 28.4. The van der Waals surface area contributed by atoms with Gasteiger partial charge < -0.3 is 39.0 Å². The first-order valence-corrected chi connectivity index (χ1v) is 31.6. The molecule has 0 aliphatic carbocycles. The van der Waals surface area contributed by atoms with Crippen LogP contribution in [0.15, 0.2) is 85.1 Å². The molecule has 12 heteroatoms. The fourth-order valence-corrected chi connectivity index (χ4v) is 9.08. The maximum absolute atomic E-state index is 13.1. The summed E-state index contributed by atoms with van der Waals surface area (Å²) in [7, 11) is 0. The highest BCUT2D eigenvalue weighted by Crippen LogP contribution is 2.26. The van der Waals surface area contributed by atoms with Gasteiger partial charge in [-0.15, -0.1) is 0 Å². The Bertz CT molecular complexity index is 1700. The minimum Gasteiger partial charge on any atom is -0.479 e. The number of aliphatic hydroxyl groups is 2. The van der Waals surface area contributed by atoms with Gasteiger partial charge in [0.05, 0.1) is 6.61 Å². The molecule has 0 bridgehead atoms. The highest BCUT2D eigenvalue weighted by molar-refractivity contribution is 5.74. The fourth-order valence-electron chi connectivity index (χ4n) is 9.08. The molecule has 1 heterocycles. The van der Waals surface area contributed by atoms with Crippen molar-refractivity contribution < 1.29 is 58.2 Å². The molecule has 0 spiro atoms. The van der Waals surface area contributed by atoms with Gasteiger partial charge in [-0.25, -0.2) is 4.79 Å². The quantitative estimate of drug-likeness (QED) is 0.0228. The molecular weight excluding hydrogens is 997 g/mol. The van der Waals surface area contributed by atoms with Gasteiger partial charge in [-0.3, -0.25) is 14.4 Å². The van der Waals surface area contributed by atoms with Crippen LogP contribution in [0.3, 0.4) is 0 Å². The Labute approximate surface area is 480 Å². The molecule has 0 aromatic rings. The molecule has 12 nitrogen and oxygen atoms in total. The number of rotatable bonds is 53. The Kier molecular flexibility index (Phi) is 50.3. The van der Waals surface area contributed by atoms with E-state index >= 15 is 0 Å². The average Bonchev–Trinajstić information content (AvgIpc) is 3.48. The predicted molar refractivity (Wildman–Crippen MR) is 321 cm³/mol. The Morgan fingerprint density at radius 2 is 0.810 bits per heavy atom. The molecule has 0 aromatic carbocycles. The van der Waals surface area contributed by atoms with Crippen molar-refractivity contribution in [1.82, 2.24) is 0 Å². The first-order valence-electron chi connectivity index (χ1n) is 31.6. The van der Waals surface area contributed by atoms with E-state index in [4.69, 9.17) is 23.7 Å². The number of unbranched alkanes of at least 4 members (excludes halogenated alkanes) is 25. The van der Waals surface area contributed by atoms with Crippen molar-refractivity contribution in [2.75, 3.05) is 13.2 Å². The van der Waals surface area contributed by atoms with Crippen LogP contribution in [0.5, 0.6) is 0 Å². The highest BCUT2D eigenvalue weighted by atomic mass is 16.7. The van der Waals surface area contributed by atoms with Crippen LogP contribution in [0.1, 0.15) is 265 Å². The number of allylic oxidation sites excluding steroid dienone is 14. The second-order valence-corrected chi connectivity index (χ2v) is 21.3. The van der Waals surface area contributed by atoms with E-state index in [-0.39, 0.29) is 25.9 Å². The van der Waals surface area contributed by atoms with Gasteiger partial charge in [-0.1, -0.05) is 221 Å². The van der Waals surface area contributed by atoms with Gasteiger partial charge in [0, 0.05) is 19.3 Å². The Morgan fingerprint density at radius 3 is 1.28 bits per heavy atom. The smallest absolute Gasteiger partial charge is 0.335 e. The van der Waals surface area contributed by atoms with E-state index in [2.05, 4.69) is 106 Å². The molecule has 1 saturated heterocycles. The standard InChI is InChI=1S/C67H112O12/c1-4-7-10-13-16-19-22-24-26-28-30-32-34-36-39-41-44-47-50-53-59(68)75-56-58(77-60(69)54-51-48-45-42-38-21-18-15-12-9-6-3)57-76-67-65(63(72)62(71)64(79-67)66(73)74)78-61(70)55-52-49-46-43-40-37-35-33-31-29-27-25-23-20-17-14-11-8-5-2/h7,10,15-16,18-19,24-27,30,32,36,39,58,62-65,67,71-72H,4-6,8-9,11-14,17,20-23,28-29,31,33-35,37-38,40-57H2,1-3H3,(H,73,74)/b10-7-,18-15-,19-16-,26-24-,27-25-,32-30-,39-36-. The number of esters is 3. The van der Waals surface area contributed by atoms with E-state index in [1.165, 1.54) is 83.5 Å². The van der Waals surface area contributed by atoms with Crippen LogP contribution in [-0.2, 0) is 42.9 Å². The number of hydrogen-bond donors (Lipinski definition) is 3. The number of aliphatic hydroxyl groups excluding tert-OH is 2. The van der Waals surface area contributed by atoms with Crippen LogP contribution < -0.4 is 0 Å². The van der Waals surface area contributed by atoms with Gasteiger partial charge in [0.1, 0.15) is 18.8 Å². The molecular formula is C67H112O12. The molecule has 0 amide bonds. The topological polar surface area (TPSA) is 175 Å². The minimum absolute atomic E-state index is 0.0520.